The lowest BCUT2D eigenvalue weighted by molar-refractivity contribution is 0.0734. The van der Waals surface area contributed by atoms with Gasteiger partial charge >= 0.3 is 5.97 Å². The number of ether oxygens (including phenoxy) is 1. The van der Waals surface area contributed by atoms with E-state index in [0.717, 1.165) is 0 Å². The lowest BCUT2D eigenvalue weighted by Gasteiger charge is -2.04. The molecule has 19 heavy (non-hydrogen) atoms. The minimum Gasteiger partial charge on any atom is -0.423 e. The first-order valence-electron chi connectivity index (χ1n) is 5.65. The van der Waals surface area contributed by atoms with Crippen molar-refractivity contribution in [2.75, 3.05) is 0 Å². The van der Waals surface area contributed by atoms with Crippen LogP contribution in [0.5, 0.6) is 5.75 Å². The fourth-order valence-corrected chi connectivity index (χ4v) is 1.51. The van der Waals surface area contributed by atoms with E-state index in [1.807, 2.05) is 0 Å². The molecule has 2 aromatic rings. The van der Waals surface area contributed by atoms with Gasteiger partial charge in [0, 0.05) is 5.56 Å². The van der Waals surface area contributed by atoms with Crippen LogP contribution in [0.4, 0.5) is 4.39 Å². The third-order valence-electron chi connectivity index (χ3n) is 2.55. The first-order chi connectivity index (χ1) is 9.06. The Bertz CT molecular complexity index is 600. The normalized spacial score (nSPS) is 10.0. The lowest BCUT2D eigenvalue weighted by atomic mass is 10.1. The summed E-state index contributed by atoms with van der Waals surface area (Å²) in [6, 6.07) is 11.3. The molecule has 0 amide bonds. The molecule has 0 spiro atoms. The topological polar surface area (TPSA) is 43.4 Å². The monoisotopic (exact) mass is 258 g/mol. The number of esters is 1. The first-order valence-corrected chi connectivity index (χ1v) is 5.65. The summed E-state index contributed by atoms with van der Waals surface area (Å²) in [4.78, 5) is 22.8. The Morgan fingerprint density at radius 1 is 0.895 bits per heavy atom. The molecule has 0 heterocycles. The van der Waals surface area contributed by atoms with Gasteiger partial charge in [-0.25, -0.2) is 9.18 Å². The predicted octanol–water partition coefficient (Wildman–Crippen LogP) is 3.25. The molecule has 0 saturated carbocycles. The highest BCUT2D eigenvalue weighted by Gasteiger charge is 2.09. The van der Waals surface area contributed by atoms with Crippen molar-refractivity contribution < 1.29 is 18.7 Å². The second-order valence-corrected chi connectivity index (χ2v) is 3.98. The smallest absolute Gasteiger partial charge is 0.343 e. The molecular weight excluding hydrogens is 247 g/mol. The average molecular weight is 258 g/mol. The van der Waals surface area contributed by atoms with Gasteiger partial charge in [0.25, 0.3) is 0 Å². The number of hydrogen-bond acceptors (Lipinski definition) is 3. The number of Topliss-reactive ketones (excluding diaryl/α,β-unsaturated/α-hetero) is 1. The molecule has 0 radical (unpaired) electrons. The Labute approximate surface area is 109 Å². The molecule has 0 saturated heterocycles. The molecule has 0 unspecified atom stereocenters. The van der Waals surface area contributed by atoms with Crippen molar-refractivity contribution in [2.24, 2.45) is 0 Å². The van der Waals surface area contributed by atoms with Crippen LogP contribution in [0.15, 0.2) is 48.5 Å². The van der Waals surface area contributed by atoms with Gasteiger partial charge in [-0.1, -0.05) is 0 Å². The fourth-order valence-electron chi connectivity index (χ4n) is 1.51. The summed E-state index contributed by atoms with van der Waals surface area (Å²) < 4.78 is 17.8. The summed E-state index contributed by atoms with van der Waals surface area (Å²) in [5.74, 6) is -0.714. The van der Waals surface area contributed by atoms with Crippen molar-refractivity contribution >= 4 is 11.8 Å². The van der Waals surface area contributed by atoms with Gasteiger partial charge in [-0.15, -0.1) is 0 Å². The molecule has 3 nitrogen and oxygen atoms in total. The molecule has 0 atom stereocenters. The number of halogens is 1. The predicted molar refractivity (Wildman–Crippen MR) is 67.8 cm³/mol. The van der Waals surface area contributed by atoms with E-state index in [0.29, 0.717) is 11.3 Å². The Balaban J connectivity index is 2.10. The minimum atomic E-state index is -0.574. The molecule has 0 aliphatic rings. The summed E-state index contributed by atoms with van der Waals surface area (Å²) in [6.45, 7) is 1.46. The summed E-state index contributed by atoms with van der Waals surface area (Å²) in [7, 11) is 0. The molecule has 2 rings (SSSR count). The zero-order valence-corrected chi connectivity index (χ0v) is 10.2. The number of hydrogen-bond donors (Lipinski definition) is 0. The van der Waals surface area contributed by atoms with E-state index in [1.165, 1.54) is 43.3 Å². The van der Waals surface area contributed by atoms with Crippen LogP contribution in [0.2, 0.25) is 0 Å². The largest absolute Gasteiger partial charge is 0.423 e. The van der Waals surface area contributed by atoms with Gasteiger partial charge in [-0.05, 0) is 55.5 Å². The van der Waals surface area contributed by atoms with Gasteiger partial charge in [-0.3, -0.25) is 4.79 Å². The molecular formula is C15H11FO3. The maximum absolute atomic E-state index is 12.7. The maximum atomic E-state index is 12.7. The highest BCUT2D eigenvalue weighted by Crippen LogP contribution is 2.15. The number of carbonyl (C=O) groups is 2. The molecule has 0 aliphatic carbocycles. The molecule has 4 heteroatoms. The molecule has 0 fully saturated rings. The number of ketones is 1. The van der Waals surface area contributed by atoms with Crippen LogP contribution in [-0.4, -0.2) is 11.8 Å². The molecule has 96 valence electrons. The van der Waals surface area contributed by atoms with Crippen LogP contribution >= 0.6 is 0 Å². The van der Waals surface area contributed by atoms with Gasteiger partial charge < -0.3 is 4.74 Å². The highest BCUT2D eigenvalue weighted by molar-refractivity contribution is 5.94. The summed E-state index contributed by atoms with van der Waals surface area (Å²) in [5, 5.41) is 0. The van der Waals surface area contributed by atoms with E-state index in [1.54, 1.807) is 12.1 Å². The number of rotatable bonds is 3. The fraction of sp³-hybridized carbons (Fsp3) is 0.0667. The van der Waals surface area contributed by atoms with E-state index < -0.39 is 11.8 Å². The van der Waals surface area contributed by atoms with Crippen LogP contribution in [0.3, 0.4) is 0 Å². The third-order valence-corrected chi connectivity index (χ3v) is 2.55. The van der Waals surface area contributed by atoms with Gasteiger partial charge in [0.15, 0.2) is 5.78 Å². The average Bonchev–Trinajstić information content (AvgIpc) is 2.40. The molecule has 0 bridgehead atoms. The second-order valence-electron chi connectivity index (χ2n) is 3.98. The van der Waals surface area contributed by atoms with Crippen LogP contribution in [0.25, 0.3) is 0 Å². The Morgan fingerprint density at radius 3 is 1.95 bits per heavy atom. The first kappa shape index (κ1) is 13.0. The van der Waals surface area contributed by atoms with Crippen molar-refractivity contribution in [3.05, 3.63) is 65.5 Å². The Morgan fingerprint density at radius 2 is 1.42 bits per heavy atom. The molecule has 0 aliphatic heterocycles. The quantitative estimate of drug-likeness (QED) is 0.482. The summed E-state index contributed by atoms with van der Waals surface area (Å²) in [5.41, 5.74) is 0.804. The Kier molecular flexibility index (Phi) is 3.71. The van der Waals surface area contributed by atoms with Crippen molar-refractivity contribution in [1.29, 1.82) is 0 Å². The van der Waals surface area contributed by atoms with E-state index >= 15 is 0 Å². The SMILES string of the molecule is CC(=O)c1ccc(OC(=O)c2ccc(F)cc2)cc1. The molecule has 0 N–H and O–H groups in total. The van der Waals surface area contributed by atoms with Gasteiger partial charge in [0.2, 0.25) is 0 Å². The van der Waals surface area contributed by atoms with E-state index in [2.05, 4.69) is 0 Å². The second kappa shape index (κ2) is 5.44. The molecule has 2 aromatic carbocycles. The highest BCUT2D eigenvalue weighted by atomic mass is 19.1. The lowest BCUT2D eigenvalue weighted by Crippen LogP contribution is -2.08. The van der Waals surface area contributed by atoms with Gasteiger partial charge in [0.1, 0.15) is 11.6 Å². The zero-order valence-electron chi connectivity index (χ0n) is 10.2. The van der Waals surface area contributed by atoms with Crippen molar-refractivity contribution in [1.82, 2.24) is 0 Å². The van der Waals surface area contributed by atoms with Crippen LogP contribution < -0.4 is 4.74 Å². The third kappa shape index (κ3) is 3.25. The van der Waals surface area contributed by atoms with E-state index in [4.69, 9.17) is 4.74 Å². The minimum absolute atomic E-state index is 0.0589. The maximum Gasteiger partial charge on any atom is 0.343 e. The van der Waals surface area contributed by atoms with Crippen LogP contribution in [0, 0.1) is 5.82 Å². The van der Waals surface area contributed by atoms with Crippen molar-refractivity contribution in [3.8, 4) is 5.75 Å². The van der Waals surface area contributed by atoms with Crippen molar-refractivity contribution in [3.63, 3.8) is 0 Å². The van der Waals surface area contributed by atoms with Crippen molar-refractivity contribution in [2.45, 2.75) is 6.92 Å². The van der Waals surface area contributed by atoms with Gasteiger partial charge in [0.05, 0.1) is 5.56 Å². The number of carbonyl (C=O) groups excluding carboxylic acids is 2. The summed E-state index contributed by atoms with van der Waals surface area (Å²) >= 11 is 0. The zero-order chi connectivity index (χ0) is 13.8. The van der Waals surface area contributed by atoms with E-state index in [9.17, 15) is 14.0 Å². The number of benzene rings is 2. The van der Waals surface area contributed by atoms with E-state index in [-0.39, 0.29) is 11.3 Å². The van der Waals surface area contributed by atoms with Crippen LogP contribution in [-0.2, 0) is 0 Å². The summed E-state index contributed by atoms with van der Waals surface area (Å²) in [6.07, 6.45) is 0. The Hall–Kier alpha value is -2.49. The van der Waals surface area contributed by atoms with Crippen LogP contribution in [0.1, 0.15) is 27.6 Å². The molecule has 0 aromatic heterocycles. The standard InChI is InChI=1S/C15H11FO3/c1-10(17)11-4-8-14(9-5-11)19-15(18)12-2-6-13(16)7-3-12/h2-9H,1H3. The van der Waals surface area contributed by atoms with Gasteiger partial charge in [-0.2, -0.15) is 0 Å².